The molecule has 1 aliphatic rings. The summed E-state index contributed by atoms with van der Waals surface area (Å²) in [7, 11) is -3.12. The van der Waals surface area contributed by atoms with Crippen LogP contribution in [0.3, 0.4) is 0 Å². The number of nitrogens with one attached hydrogen (secondary N) is 1. The first-order valence-electron chi connectivity index (χ1n) is 7.32. The molecular formula is C15H21FN2O3S. The fourth-order valence-electron chi connectivity index (χ4n) is 2.50. The average molecular weight is 328 g/mol. The van der Waals surface area contributed by atoms with Crippen molar-refractivity contribution in [2.75, 3.05) is 30.4 Å². The summed E-state index contributed by atoms with van der Waals surface area (Å²) in [5, 5.41) is 3.16. The lowest BCUT2D eigenvalue weighted by atomic mass is 10.0. The Morgan fingerprint density at radius 1 is 1.32 bits per heavy atom. The van der Waals surface area contributed by atoms with E-state index in [-0.39, 0.29) is 29.9 Å². The van der Waals surface area contributed by atoms with E-state index in [0.717, 1.165) is 19.1 Å². The van der Waals surface area contributed by atoms with E-state index in [9.17, 15) is 17.6 Å². The first-order valence-corrected chi connectivity index (χ1v) is 9.38. The van der Waals surface area contributed by atoms with Crippen molar-refractivity contribution in [3.8, 4) is 0 Å². The average Bonchev–Trinajstić information content (AvgIpc) is 2.47. The summed E-state index contributed by atoms with van der Waals surface area (Å²) in [6.07, 6.45) is 2.60. The summed E-state index contributed by atoms with van der Waals surface area (Å²) in [6, 6.07) is 6.64. The Hall–Kier alpha value is -1.63. The maximum absolute atomic E-state index is 13.6. The molecule has 1 aromatic carbocycles. The van der Waals surface area contributed by atoms with Crippen molar-refractivity contribution in [3.05, 3.63) is 30.1 Å². The molecule has 1 fully saturated rings. The van der Waals surface area contributed by atoms with Gasteiger partial charge in [-0.15, -0.1) is 0 Å². The number of hydrogen-bond donors (Lipinski definition) is 1. The summed E-state index contributed by atoms with van der Waals surface area (Å²) in [6.45, 7) is 1.13. The van der Waals surface area contributed by atoms with Gasteiger partial charge in [0.15, 0.2) is 0 Å². The third kappa shape index (κ3) is 4.98. The lowest BCUT2D eigenvalue weighted by Gasteiger charge is -2.33. The van der Waals surface area contributed by atoms with Crippen LogP contribution in [0, 0.1) is 5.82 Å². The van der Waals surface area contributed by atoms with E-state index < -0.39 is 9.84 Å². The molecule has 1 heterocycles. The summed E-state index contributed by atoms with van der Waals surface area (Å²) in [5.74, 6) is -0.525. The highest BCUT2D eigenvalue weighted by molar-refractivity contribution is 7.90. The van der Waals surface area contributed by atoms with Gasteiger partial charge >= 0.3 is 0 Å². The molecule has 2 rings (SSSR count). The van der Waals surface area contributed by atoms with Crippen LogP contribution in [0.1, 0.15) is 19.3 Å². The molecule has 1 aromatic rings. The van der Waals surface area contributed by atoms with E-state index in [1.807, 2.05) is 0 Å². The van der Waals surface area contributed by atoms with Crippen LogP contribution >= 0.6 is 0 Å². The number of rotatable bonds is 5. The Balaban J connectivity index is 1.80. The van der Waals surface area contributed by atoms with E-state index in [1.165, 1.54) is 6.07 Å². The zero-order valence-corrected chi connectivity index (χ0v) is 13.4. The first kappa shape index (κ1) is 16.7. The van der Waals surface area contributed by atoms with Crippen LogP contribution in [0.5, 0.6) is 0 Å². The number of halogens is 1. The van der Waals surface area contributed by atoms with Crippen LogP contribution in [0.2, 0.25) is 0 Å². The molecule has 1 amide bonds. The molecule has 5 nitrogen and oxygen atoms in total. The van der Waals surface area contributed by atoms with Gasteiger partial charge in [0.2, 0.25) is 5.91 Å². The number of para-hydroxylation sites is 1. The molecule has 1 saturated heterocycles. The van der Waals surface area contributed by atoms with Gasteiger partial charge in [-0.1, -0.05) is 12.1 Å². The highest BCUT2D eigenvalue weighted by Crippen LogP contribution is 2.19. The van der Waals surface area contributed by atoms with Gasteiger partial charge in [0.25, 0.3) is 0 Å². The Kier molecular flexibility index (Phi) is 5.39. The number of carbonyl (C=O) groups excluding carboxylic acids is 1. The molecule has 1 aliphatic heterocycles. The predicted octanol–water partition coefficient (Wildman–Crippen LogP) is 1.66. The van der Waals surface area contributed by atoms with Gasteiger partial charge in [-0.2, -0.15) is 0 Å². The lowest BCUT2D eigenvalue weighted by molar-refractivity contribution is -0.131. The molecule has 0 aromatic heterocycles. The zero-order chi connectivity index (χ0) is 16.2. The first-order chi connectivity index (χ1) is 10.3. The minimum Gasteiger partial charge on any atom is -0.380 e. The maximum Gasteiger partial charge on any atom is 0.223 e. The SMILES string of the molecule is CS(=O)(=O)CCC(=O)N1CCC(Nc2ccccc2F)CC1. The molecule has 0 atom stereocenters. The largest absolute Gasteiger partial charge is 0.380 e. The number of carbonyl (C=O) groups is 1. The zero-order valence-electron chi connectivity index (χ0n) is 12.6. The van der Waals surface area contributed by atoms with Gasteiger partial charge in [0, 0.05) is 31.8 Å². The van der Waals surface area contributed by atoms with Crippen LogP contribution in [0.15, 0.2) is 24.3 Å². The van der Waals surface area contributed by atoms with Crippen molar-refractivity contribution in [3.63, 3.8) is 0 Å². The molecule has 22 heavy (non-hydrogen) atoms. The van der Waals surface area contributed by atoms with Crippen LogP contribution in [0.25, 0.3) is 0 Å². The number of anilines is 1. The Labute approximate surface area is 130 Å². The van der Waals surface area contributed by atoms with E-state index in [0.29, 0.717) is 18.8 Å². The van der Waals surface area contributed by atoms with Crippen LogP contribution in [-0.2, 0) is 14.6 Å². The third-order valence-electron chi connectivity index (χ3n) is 3.77. The minimum atomic E-state index is -3.12. The molecule has 0 saturated carbocycles. The van der Waals surface area contributed by atoms with Gasteiger partial charge < -0.3 is 10.2 Å². The third-order valence-corrected chi connectivity index (χ3v) is 4.71. The highest BCUT2D eigenvalue weighted by Gasteiger charge is 2.23. The second-order valence-electron chi connectivity index (χ2n) is 5.66. The number of benzene rings is 1. The molecule has 0 radical (unpaired) electrons. The van der Waals surface area contributed by atoms with E-state index in [4.69, 9.17) is 0 Å². The number of likely N-dealkylation sites (tertiary alicyclic amines) is 1. The Morgan fingerprint density at radius 3 is 2.55 bits per heavy atom. The van der Waals surface area contributed by atoms with Crippen molar-refractivity contribution in [2.24, 2.45) is 0 Å². The normalized spacial score (nSPS) is 16.5. The monoisotopic (exact) mass is 328 g/mol. The molecule has 122 valence electrons. The smallest absolute Gasteiger partial charge is 0.223 e. The number of piperidine rings is 1. The quantitative estimate of drug-likeness (QED) is 0.893. The predicted molar refractivity (Wildman–Crippen MR) is 84.0 cm³/mol. The van der Waals surface area contributed by atoms with Gasteiger partial charge in [-0.05, 0) is 25.0 Å². The van der Waals surface area contributed by atoms with Crippen molar-refractivity contribution in [2.45, 2.75) is 25.3 Å². The molecule has 1 N–H and O–H groups in total. The van der Waals surface area contributed by atoms with Crippen LogP contribution < -0.4 is 5.32 Å². The highest BCUT2D eigenvalue weighted by atomic mass is 32.2. The summed E-state index contributed by atoms with van der Waals surface area (Å²) in [5.41, 5.74) is 0.476. The van der Waals surface area contributed by atoms with E-state index >= 15 is 0 Å². The van der Waals surface area contributed by atoms with Crippen molar-refractivity contribution < 1.29 is 17.6 Å². The maximum atomic E-state index is 13.6. The summed E-state index contributed by atoms with van der Waals surface area (Å²) in [4.78, 5) is 13.6. The molecule has 0 spiro atoms. The van der Waals surface area contributed by atoms with Crippen molar-refractivity contribution in [1.82, 2.24) is 4.90 Å². The molecule has 0 unspecified atom stereocenters. The van der Waals surface area contributed by atoms with Crippen molar-refractivity contribution in [1.29, 1.82) is 0 Å². The Morgan fingerprint density at radius 2 is 1.95 bits per heavy atom. The number of hydrogen-bond acceptors (Lipinski definition) is 4. The summed E-state index contributed by atoms with van der Waals surface area (Å²) < 4.78 is 35.8. The van der Waals surface area contributed by atoms with Gasteiger partial charge in [-0.3, -0.25) is 4.79 Å². The molecule has 0 aliphatic carbocycles. The standard InChI is InChI=1S/C15H21FN2O3S/c1-22(20,21)11-8-15(19)18-9-6-12(7-10-18)17-14-5-3-2-4-13(14)16/h2-5,12,17H,6-11H2,1H3. The van der Waals surface area contributed by atoms with Crippen LogP contribution in [-0.4, -0.2) is 50.4 Å². The van der Waals surface area contributed by atoms with Gasteiger partial charge in [0.1, 0.15) is 15.7 Å². The fraction of sp³-hybridized carbons (Fsp3) is 0.533. The fourth-order valence-corrected chi connectivity index (χ4v) is 3.05. The molecule has 7 heteroatoms. The number of sulfone groups is 1. The topological polar surface area (TPSA) is 66.5 Å². The van der Waals surface area contributed by atoms with Crippen molar-refractivity contribution >= 4 is 21.4 Å². The number of amides is 1. The second kappa shape index (κ2) is 7.09. The molecular weight excluding hydrogens is 307 g/mol. The number of nitrogens with zero attached hydrogens (tertiary/aromatic N) is 1. The van der Waals surface area contributed by atoms with Gasteiger partial charge in [0.05, 0.1) is 11.4 Å². The van der Waals surface area contributed by atoms with E-state index in [1.54, 1.807) is 23.1 Å². The molecule has 0 bridgehead atoms. The summed E-state index contributed by atoms with van der Waals surface area (Å²) >= 11 is 0. The van der Waals surface area contributed by atoms with E-state index in [2.05, 4.69) is 5.32 Å². The minimum absolute atomic E-state index is 0.0320. The Bertz CT molecular complexity index is 625. The second-order valence-corrected chi connectivity index (χ2v) is 7.92. The lowest BCUT2D eigenvalue weighted by Crippen LogP contribution is -2.42. The van der Waals surface area contributed by atoms with Gasteiger partial charge in [-0.25, -0.2) is 12.8 Å². The van der Waals surface area contributed by atoms with Crippen LogP contribution in [0.4, 0.5) is 10.1 Å².